The molecular formula is C33H32ClFN4O3. The minimum Gasteiger partial charge on any atom is -0.444 e. The number of rotatable bonds is 5. The number of ether oxygens (including phenoxy) is 1. The van der Waals surface area contributed by atoms with Crippen LogP contribution < -0.4 is 5.32 Å². The molecular weight excluding hydrogens is 555 g/mol. The maximum Gasteiger partial charge on any atom is 0.410 e. The Morgan fingerprint density at radius 3 is 2.31 bits per heavy atom. The molecule has 216 valence electrons. The number of aromatic nitrogens is 2. The van der Waals surface area contributed by atoms with Crippen molar-refractivity contribution in [1.29, 1.82) is 0 Å². The Balaban J connectivity index is 1.65. The second-order valence-electron chi connectivity index (χ2n) is 11.2. The average molecular weight is 587 g/mol. The molecule has 1 aromatic heterocycles. The standard InChI is InChI=1S/C33H32ClFN4O3/c1-21(23-8-6-5-7-9-23)36-31(40)29-28-20-38(32(41)42-33(2,3)4)19-24(18-22-10-14-26(35)15-11-22)30(28)39(37-29)27-16-12-25(34)13-17-27/h5-18,21H,19-20H2,1-4H3,(H,36,40)/t21-/m1/s1. The first kappa shape index (κ1) is 29.1. The van der Waals surface area contributed by atoms with Gasteiger partial charge in [0.05, 0.1) is 30.5 Å². The minimum absolute atomic E-state index is 0.112. The number of amides is 2. The van der Waals surface area contributed by atoms with Gasteiger partial charge < -0.3 is 10.1 Å². The number of benzene rings is 3. The summed E-state index contributed by atoms with van der Waals surface area (Å²) in [4.78, 5) is 28.7. The van der Waals surface area contributed by atoms with E-state index < -0.39 is 11.7 Å². The number of carbonyl (C=O) groups excluding carboxylic acids is 2. The number of hydrogen-bond donors (Lipinski definition) is 1. The van der Waals surface area contributed by atoms with Crippen molar-refractivity contribution < 1.29 is 18.7 Å². The topological polar surface area (TPSA) is 76.5 Å². The molecule has 2 heterocycles. The first-order chi connectivity index (χ1) is 20.0. The molecule has 0 saturated heterocycles. The molecule has 0 radical (unpaired) electrons. The van der Waals surface area contributed by atoms with Gasteiger partial charge in [-0.3, -0.25) is 9.69 Å². The van der Waals surface area contributed by atoms with E-state index in [1.54, 1.807) is 54.6 Å². The van der Waals surface area contributed by atoms with Gasteiger partial charge >= 0.3 is 6.09 Å². The normalized spacial score (nSPS) is 14.8. The van der Waals surface area contributed by atoms with E-state index in [-0.39, 0.29) is 36.5 Å². The Morgan fingerprint density at radius 2 is 1.67 bits per heavy atom. The van der Waals surface area contributed by atoms with Gasteiger partial charge in [-0.1, -0.05) is 54.1 Å². The highest BCUT2D eigenvalue weighted by Gasteiger charge is 2.35. The van der Waals surface area contributed by atoms with Gasteiger partial charge in [0.15, 0.2) is 5.69 Å². The lowest BCUT2D eigenvalue weighted by atomic mass is 9.97. The van der Waals surface area contributed by atoms with Crippen LogP contribution in [-0.2, 0) is 11.3 Å². The van der Waals surface area contributed by atoms with E-state index in [9.17, 15) is 14.0 Å². The second kappa shape index (κ2) is 11.8. The van der Waals surface area contributed by atoms with E-state index >= 15 is 0 Å². The first-order valence-electron chi connectivity index (χ1n) is 13.7. The largest absolute Gasteiger partial charge is 0.444 e. The SMILES string of the molecule is C[C@@H](NC(=O)c1nn(-c2ccc(Cl)cc2)c2c1CN(C(=O)OC(C)(C)C)CC2=Cc1ccc(F)cc1)c1ccccc1. The summed E-state index contributed by atoms with van der Waals surface area (Å²) in [5.41, 5.74) is 3.83. The van der Waals surface area contributed by atoms with Crippen molar-refractivity contribution in [3.63, 3.8) is 0 Å². The van der Waals surface area contributed by atoms with Gasteiger partial charge in [0.25, 0.3) is 5.91 Å². The summed E-state index contributed by atoms with van der Waals surface area (Å²) in [5.74, 6) is -0.725. The molecule has 0 saturated carbocycles. The molecule has 0 spiro atoms. The predicted molar refractivity (Wildman–Crippen MR) is 162 cm³/mol. The van der Waals surface area contributed by atoms with Crippen molar-refractivity contribution in [2.45, 2.75) is 45.9 Å². The van der Waals surface area contributed by atoms with Crippen LogP contribution in [0.2, 0.25) is 5.02 Å². The highest BCUT2D eigenvalue weighted by molar-refractivity contribution is 6.30. The van der Waals surface area contributed by atoms with Gasteiger partial charge in [0.2, 0.25) is 0 Å². The monoisotopic (exact) mass is 586 g/mol. The number of hydrogen-bond acceptors (Lipinski definition) is 4. The van der Waals surface area contributed by atoms with Crippen LogP contribution in [-0.4, -0.2) is 38.8 Å². The van der Waals surface area contributed by atoms with Gasteiger partial charge in [-0.25, -0.2) is 13.9 Å². The van der Waals surface area contributed by atoms with Crippen molar-refractivity contribution in [3.8, 4) is 5.69 Å². The Labute approximate surface area is 249 Å². The summed E-state index contributed by atoms with van der Waals surface area (Å²) < 4.78 is 21.1. The zero-order valence-electron chi connectivity index (χ0n) is 23.9. The Kier molecular flexibility index (Phi) is 8.18. The molecule has 1 atom stereocenters. The molecule has 0 unspecified atom stereocenters. The van der Waals surface area contributed by atoms with Gasteiger partial charge in [0, 0.05) is 10.6 Å². The lowest BCUT2D eigenvalue weighted by Gasteiger charge is -2.32. The molecule has 9 heteroatoms. The molecule has 1 N–H and O–H groups in total. The summed E-state index contributed by atoms with van der Waals surface area (Å²) >= 11 is 6.18. The summed E-state index contributed by atoms with van der Waals surface area (Å²) in [6.45, 7) is 7.62. The van der Waals surface area contributed by atoms with Crippen molar-refractivity contribution in [2.75, 3.05) is 6.54 Å². The van der Waals surface area contributed by atoms with Gasteiger partial charge in [-0.05, 0) is 86.9 Å². The Bertz CT molecular complexity index is 1630. The molecule has 0 fully saturated rings. The van der Waals surface area contributed by atoms with Gasteiger partial charge in [-0.15, -0.1) is 0 Å². The van der Waals surface area contributed by atoms with Crippen LogP contribution in [0.25, 0.3) is 17.3 Å². The van der Waals surface area contributed by atoms with Crippen LogP contribution in [0.1, 0.15) is 66.6 Å². The van der Waals surface area contributed by atoms with E-state index in [4.69, 9.17) is 21.4 Å². The fourth-order valence-electron chi connectivity index (χ4n) is 4.83. The Hall–Kier alpha value is -4.43. The molecule has 1 aliphatic heterocycles. The molecule has 2 amide bonds. The smallest absolute Gasteiger partial charge is 0.410 e. The number of nitrogens with one attached hydrogen (secondary N) is 1. The fourth-order valence-corrected chi connectivity index (χ4v) is 4.95. The lowest BCUT2D eigenvalue weighted by molar-refractivity contribution is 0.0254. The number of nitrogens with zero attached hydrogens (tertiary/aromatic N) is 3. The number of fused-ring (bicyclic) bond motifs is 1. The molecule has 4 aromatic rings. The van der Waals surface area contributed by atoms with Crippen molar-refractivity contribution in [2.24, 2.45) is 0 Å². The van der Waals surface area contributed by atoms with Crippen LogP contribution >= 0.6 is 11.6 Å². The summed E-state index contributed by atoms with van der Waals surface area (Å²) in [5, 5.41) is 8.42. The summed E-state index contributed by atoms with van der Waals surface area (Å²) in [7, 11) is 0. The quantitative estimate of drug-likeness (QED) is 0.263. The predicted octanol–water partition coefficient (Wildman–Crippen LogP) is 7.45. The van der Waals surface area contributed by atoms with Crippen molar-refractivity contribution >= 4 is 35.3 Å². The van der Waals surface area contributed by atoms with Gasteiger partial charge in [0.1, 0.15) is 11.4 Å². The van der Waals surface area contributed by atoms with Crippen LogP contribution in [0.5, 0.6) is 0 Å². The van der Waals surface area contributed by atoms with E-state index in [0.717, 1.165) is 11.1 Å². The molecule has 5 rings (SSSR count). The fraction of sp³-hybridized carbons (Fsp3) is 0.242. The second-order valence-corrected chi connectivity index (χ2v) is 11.7. The summed E-state index contributed by atoms with van der Waals surface area (Å²) in [6.07, 6.45) is 1.36. The van der Waals surface area contributed by atoms with Crippen LogP contribution in [0, 0.1) is 5.82 Å². The molecule has 0 aliphatic carbocycles. The maximum atomic E-state index is 13.8. The molecule has 0 bridgehead atoms. The van der Waals surface area contributed by atoms with E-state index in [0.29, 0.717) is 27.5 Å². The third-order valence-corrected chi connectivity index (χ3v) is 7.05. The molecule has 42 heavy (non-hydrogen) atoms. The van der Waals surface area contributed by atoms with Gasteiger partial charge in [-0.2, -0.15) is 5.10 Å². The maximum absolute atomic E-state index is 13.8. The minimum atomic E-state index is -0.711. The van der Waals surface area contributed by atoms with E-state index in [1.165, 1.54) is 12.1 Å². The molecule has 1 aliphatic rings. The third-order valence-electron chi connectivity index (χ3n) is 6.79. The summed E-state index contributed by atoms with van der Waals surface area (Å²) in [6, 6.07) is 22.6. The van der Waals surface area contributed by atoms with E-state index in [1.807, 2.05) is 55.5 Å². The Morgan fingerprint density at radius 1 is 1.00 bits per heavy atom. The van der Waals surface area contributed by atoms with Crippen LogP contribution in [0.3, 0.4) is 0 Å². The lowest BCUT2D eigenvalue weighted by Crippen LogP contribution is -2.40. The van der Waals surface area contributed by atoms with E-state index in [2.05, 4.69) is 5.32 Å². The van der Waals surface area contributed by atoms with Crippen LogP contribution in [0.4, 0.5) is 9.18 Å². The van der Waals surface area contributed by atoms with Crippen LogP contribution in [0.15, 0.2) is 78.9 Å². The zero-order valence-corrected chi connectivity index (χ0v) is 24.7. The number of carbonyl (C=O) groups is 2. The highest BCUT2D eigenvalue weighted by atomic mass is 35.5. The molecule has 3 aromatic carbocycles. The highest BCUT2D eigenvalue weighted by Crippen LogP contribution is 2.35. The zero-order chi connectivity index (χ0) is 30.0. The molecule has 7 nitrogen and oxygen atoms in total. The third kappa shape index (κ3) is 6.55. The first-order valence-corrected chi connectivity index (χ1v) is 14.0. The number of halogens is 2. The van der Waals surface area contributed by atoms with Crippen molar-refractivity contribution in [1.82, 2.24) is 20.0 Å². The average Bonchev–Trinajstić information content (AvgIpc) is 3.34. The van der Waals surface area contributed by atoms with Crippen molar-refractivity contribution in [3.05, 3.63) is 118 Å².